The molecule has 0 saturated heterocycles. The molecule has 0 fully saturated rings. The number of aromatic nitrogens is 4. The third-order valence-corrected chi connectivity index (χ3v) is 9.02. The molecule has 0 unspecified atom stereocenters. The number of rotatable bonds is 3. The van der Waals surface area contributed by atoms with Crippen molar-refractivity contribution in [3.63, 3.8) is 0 Å². The third kappa shape index (κ3) is 3.64. The zero-order valence-electron chi connectivity index (χ0n) is 22.7. The van der Waals surface area contributed by atoms with Crippen LogP contribution >= 0.6 is 0 Å². The second-order valence-electron chi connectivity index (χ2n) is 11.7. The number of hydrogen-bond acceptors (Lipinski definition) is 5. The van der Waals surface area contributed by atoms with Gasteiger partial charge in [0.1, 0.15) is 11.6 Å². The lowest BCUT2D eigenvalue weighted by Gasteiger charge is -2.47. The first-order valence-electron chi connectivity index (χ1n) is 13.8. The molecule has 0 aliphatic heterocycles. The molecule has 5 aromatic rings. The van der Waals surface area contributed by atoms with Crippen molar-refractivity contribution in [1.82, 2.24) is 20.1 Å². The fraction of sp³-hybridized carbons (Fsp3) is 0.333. The highest BCUT2D eigenvalue weighted by atomic mass is 19.1. The largest absolute Gasteiger partial charge is 0.361 e. The van der Waals surface area contributed by atoms with Crippen LogP contribution in [-0.4, -0.2) is 20.1 Å². The number of nitrogens with zero attached hydrogens (tertiary/aromatic N) is 4. The molecule has 6 heteroatoms. The fourth-order valence-corrected chi connectivity index (χ4v) is 7.03. The van der Waals surface area contributed by atoms with Gasteiger partial charge in [0.05, 0.1) is 23.1 Å². The van der Waals surface area contributed by atoms with E-state index in [1.165, 1.54) is 6.07 Å². The predicted octanol–water partition coefficient (Wildman–Crippen LogP) is 7.79. The molecule has 3 heterocycles. The van der Waals surface area contributed by atoms with Crippen molar-refractivity contribution in [1.29, 1.82) is 0 Å². The molecule has 0 spiro atoms. The summed E-state index contributed by atoms with van der Waals surface area (Å²) in [5.74, 6) is 2.15. The summed E-state index contributed by atoms with van der Waals surface area (Å²) in [6, 6.07) is 17.2. The van der Waals surface area contributed by atoms with E-state index >= 15 is 4.39 Å². The average molecular weight is 519 g/mol. The van der Waals surface area contributed by atoms with Crippen molar-refractivity contribution in [2.45, 2.75) is 64.2 Å². The van der Waals surface area contributed by atoms with E-state index in [9.17, 15) is 0 Å². The van der Waals surface area contributed by atoms with Gasteiger partial charge >= 0.3 is 0 Å². The molecule has 7 rings (SSSR count). The highest BCUT2D eigenvalue weighted by Crippen LogP contribution is 2.54. The van der Waals surface area contributed by atoms with E-state index in [0.29, 0.717) is 23.0 Å². The van der Waals surface area contributed by atoms with E-state index in [1.807, 2.05) is 36.5 Å². The summed E-state index contributed by atoms with van der Waals surface area (Å²) in [6.07, 6.45) is 4.40. The number of halogens is 1. The smallest absolute Gasteiger partial charge is 0.160 e. The van der Waals surface area contributed by atoms with Crippen LogP contribution in [0.25, 0.3) is 33.5 Å². The van der Waals surface area contributed by atoms with Gasteiger partial charge in [0.2, 0.25) is 0 Å². The number of pyridine rings is 1. The SMILES string of the molecule is CC(C)c1cc(-c2nc(-c3ccccc3F)c3c(n2)[C@]2(C)Cc4cnoc4[C@H](C)[C@H]2CC3)c2ccccc2n1. The normalized spacial score (nSPS) is 22.0. The molecule has 196 valence electrons. The van der Waals surface area contributed by atoms with Gasteiger partial charge in [-0.15, -0.1) is 0 Å². The van der Waals surface area contributed by atoms with Gasteiger partial charge in [0, 0.05) is 44.7 Å². The Morgan fingerprint density at radius 3 is 2.62 bits per heavy atom. The van der Waals surface area contributed by atoms with Gasteiger partial charge in [-0.05, 0) is 55.4 Å². The van der Waals surface area contributed by atoms with Gasteiger partial charge < -0.3 is 4.52 Å². The van der Waals surface area contributed by atoms with E-state index in [2.05, 4.69) is 45.0 Å². The molecule has 0 amide bonds. The molecule has 5 nitrogen and oxygen atoms in total. The Hall–Kier alpha value is -3.93. The van der Waals surface area contributed by atoms with Crippen molar-refractivity contribution in [3.05, 3.63) is 94.9 Å². The molecule has 2 aliphatic carbocycles. The first-order chi connectivity index (χ1) is 18.8. The maximum atomic E-state index is 15.4. The second kappa shape index (κ2) is 8.80. The molecule has 2 aliphatic rings. The van der Waals surface area contributed by atoms with Gasteiger partial charge in [0.25, 0.3) is 0 Å². The Labute approximate surface area is 227 Å². The molecule has 3 atom stereocenters. The molecule has 0 saturated carbocycles. The van der Waals surface area contributed by atoms with E-state index in [1.54, 1.807) is 6.07 Å². The lowest BCUT2D eigenvalue weighted by molar-refractivity contribution is 0.172. The molecule has 3 aromatic heterocycles. The van der Waals surface area contributed by atoms with Gasteiger partial charge in [0.15, 0.2) is 5.82 Å². The van der Waals surface area contributed by atoms with Gasteiger partial charge in [-0.3, -0.25) is 4.98 Å². The predicted molar refractivity (Wildman–Crippen MR) is 150 cm³/mol. The minimum absolute atomic E-state index is 0.221. The molecule has 0 N–H and O–H groups in total. The van der Waals surface area contributed by atoms with Crippen LogP contribution in [0.1, 0.15) is 74.2 Å². The summed E-state index contributed by atoms with van der Waals surface area (Å²) in [5.41, 5.74) is 7.01. The number of fused-ring (bicyclic) bond motifs is 5. The van der Waals surface area contributed by atoms with Crippen LogP contribution in [0.4, 0.5) is 4.39 Å². The van der Waals surface area contributed by atoms with Crippen molar-refractivity contribution in [2.24, 2.45) is 5.92 Å². The number of hydrogen-bond donors (Lipinski definition) is 0. The maximum absolute atomic E-state index is 15.4. The fourth-order valence-electron chi connectivity index (χ4n) is 7.03. The quantitative estimate of drug-likeness (QED) is 0.244. The van der Waals surface area contributed by atoms with Crippen LogP contribution in [0, 0.1) is 11.7 Å². The standard InChI is InChI=1S/C33H31FN4O/c1-18(2)28-15-24(21-9-6-8-12-27(21)36-28)32-37-29(22-10-5-7-11-26(22)34)23-13-14-25-19(3)30-20(17-35-39-30)16-33(25,4)31(23)38-32/h5-12,15,17-19,25H,13-14,16H2,1-4H3/t19-,25-,33-/m1/s1. The molecule has 39 heavy (non-hydrogen) atoms. The van der Waals surface area contributed by atoms with Gasteiger partial charge in [-0.1, -0.05) is 63.2 Å². The van der Waals surface area contributed by atoms with E-state index in [4.69, 9.17) is 19.5 Å². The van der Waals surface area contributed by atoms with E-state index < -0.39 is 0 Å². The summed E-state index contributed by atoms with van der Waals surface area (Å²) in [6.45, 7) is 8.84. The molecule has 2 aromatic carbocycles. The Morgan fingerprint density at radius 1 is 1.00 bits per heavy atom. The highest BCUT2D eigenvalue weighted by molar-refractivity contribution is 5.93. The van der Waals surface area contributed by atoms with Crippen LogP contribution in [-0.2, 0) is 18.3 Å². The monoisotopic (exact) mass is 518 g/mol. The van der Waals surface area contributed by atoms with Crippen molar-refractivity contribution in [2.75, 3.05) is 0 Å². The molecule has 0 radical (unpaired) electrons. The summed E-state index contributed by atoms with van der Waals surface area (Å²) in [5, 5.41) is 5.13. The summed E-state index contributed by atoms with van der Waals surface area (Å²) in [7, 11) is 0. The Bertz CT molecular complexity index is 1740. The topological polar surface area (TPSA) is 64.7 Å². The summed E-state index contributed by atoms with van der Waals surface area (Å²) in [4.78, 5) is 15.5. The van der Waals surface area contributed by atoms with Crippen LogP contribution in [0.3, 0.4) is 0 Å². The summed E-state index contributed by atoms with van der Waals surface area (Å²) < 4.78 is 21.1. The number of benzene rings is 2. The van der Waals surface area contributed by atoms with E-state index in [0.717, 1.165) is 64.0 Å². The van der Waals surface area contributed by atoms with Crippen LogP contribution in [0.2, 0.25) is 0 Å². The van der Waals surface area contributed by atoms with Crippen LogP contribution in [0.15, 0.2) is 65.3 Å². The Kier molecular flexibility index (Phi) is 5.45. The van der Waals surface area contributed by atoms with Crippen LogP contribution < -0.4 is 0 Å². The average Bonchev–Trinajstić information content (AvgIpc) is 3.40. The lowest BCUT2D eigenvalue weighted by atomic mass is 9.56. The molecular formula is C33H31FN4O. The lowest BCUT2D eigenvalue weighted by Crippen LogP contribution is -2.45. The minimum atomic E-state index is -0.266. The van der Waals surface area contributed by atoms with Crippen molar-refractivity contribution in [3.8, 4) is 22.6 Å². The van der Waals surface area contributed by atoms with Crippen LogP contribution in [0.5, 0.6) is 0 Å². The number of para-hydroxylation sites is 1. The Morgan fingerprint density at radius 2 is 1.79 bits per heavy atom. The van der Waals surface area contributed by atoms with Crippen molar-refractivity contribution < 1.29 is 8.91 Å². The molecular weight excluding hydrogens is 487 g/mol. The van der Waals surface area contributed by atoms with E-state index in [-0.39, 0.29) is 23.1 Å². The van der Waals surface area contributed by atoms with Gasteiger partial charge in [-0.2, -0.15) is 0 Å². The second-order valence-corrected chi connectivity index (χ2v) is 11.7. The first-order valence-corrected chi connectivity index (χ1v) is 13.8. The highest BCUT2D eigenvalue weighted by Gasteiger charge is 2.50. The molecule has 0 bridgehead atoms. The van der Waals surface area contributed by atoms with Crippen molar-refractivity contribution >= 4 is 10.9 Å². The first kappa shape index (κ1) is 24.1. The summed E-state index contributed by atoms with van der Waals surface area (Å²) >= 11 is 0. The maximum Gasteiger partial charge on any atom is 0.160 e. The minimum Gasteiger partial charge on any atom is -0.361 e. The zero-order valence-corrected chi connectivity index (χ0v) is 22.7. The zero-order chi connectivity index (χ0) is 26.9. The van der Waals surface area contributed by atoms with Gasteiger partial charge in [-0.25, -0.2) is 14.4 Å². The third-order valence-electron chi connectivity index (χ3n) is 9.02. The Balaban J connectivity index is 1.54.